The van der Waals surface area contributed by atoms with Gasteiger partial charge in [-0.05, 0) is 0 Å². The van der Waals surface area contributed by atoms with Gasteiger partial charge in [-0.1, -0.05) is 0 Å². The van der Waals surface area contributed by atoms with E-state index in [0.29, 0.717) is 0 Å². The van der Waals surface area contributed by atoms with Crippen LogP contribution >= 0.6 is 0 Å². The molecule has 3 radical (unpaired) electrons. The van der Waals surface area contributed by atoms with E-state index in [9.17, 15) is 0 Å². The van der Waals surface area contributed by atoms with Crippen molar-refractivity contribution in [2.75, 3.05) is 0 Å². The zero-order valence-corrected chi connectivity index (χ0v) is 12.9. The fourth-order valence-electron chi connectivity index (χ4n) is 0. The van der Waals surface area contributed by atoms with Gasteiger partial charge in [-0.2, -0.15) is 0 Å². The minimum Gasteiger partial charge on any atom is -1.00 e. The molecule has 0 aromatic heterocycles. The second kappa shape index (κ2) is 18.3. The standard InChI is InChI=1S/Al.FH.Fe.K.Mg.O4Si/c;;;;;1-5(2,3)4/h;1H;;;;/q;;+2;+1;+2;-4/p-1. The molecule has 0 bridgehead atoms. The molecule has 10 heteroatoms. The zero-order chi connectivity index (χ0) is 4.50. The Kier molecular flexibility index (Phi) is 68.6. The summed E-state index contributed by atoms with van der Waals surface area (Å²) < 4.78 is 0. The molecular formula is AlFFeKMgO4Si. The van der Waals surface area contributed by atoms with Crippen LogP contribution in [0.15, 0.2) is 0 Å². The van der Waals surface area contributed by atoms with Crippen molar-refractivity contribution in [3.63, 3.8) is 0 Å². The van der Waals surface area contributed by atoms with Gasteiger partial charge >= 0.3 is 91.5 Å². The summed E-state index contributed by atoms with van der Waals surface area (Å²) in [6, 6.07) is 0. The van der Waals surface area contributed by atoms with Crippen molar-refractivity contribution in [2.24, 2.45) is 0 Å². The molecule has 49 valence electrons. The van der Waals surface area contributed by atoms with Gasteiger partial charge in [-0.15, -0.1) is 0 Å². The molecule has 0 rings (SSSR count). The topological polar surface area (TPSA) is 92.2 Å². The Morgan fingerprint density at radius 3 is 0.900 bits per heavy atom. The van der Waals surface area contributed by atoms with Crippen LogP contribution in [0.3, 0.4) is 0 Å². The minimum atomic E-state index is -5.61. The summed E-state index contributed by atoms with van der Waals surface area (Å²) in [6.45, 7) is 0. The quantitative estimate of drug-likeness (QED) is 0.403. The Labute approximate surface area is 139 Å². The maximum atomic E-state index is 8.58. The molecule has 0 spiro atoms. The van der Waals surface area contributed by atoms with Crippen LogP contribution in [-0.2, 0) is 17.1 Å². The van der Waals surface area contributed by atoms with E-state index in [1.165, 1.54) is 0 Å². The van der Waals surface area contributed by atoms with Crippen LogP contribution in [0.2, 0.25) is 0 Å². The smallest absolute Gasteiger partial charge is 1.00 e. The molecule has 0 aromatic carbocycles. The van der Waals surface area contributed by atoms with E-state index in [0.717, 1.165) is 0 Å². The summed E-state index contributed by atoms with van der Waals surface area (Å²) in [5, 5.41) is 0. The maximum Gasteiger partial charge on any atom is 2.00 e. The Morgan fingerprint density at radius 2 is 0.900 bits per heavy atom. The van der Waals surface area contributed by atoms with Crippen molar-refractivity contribution in [1.82, 2.24) is 0 Å². The van der Waals surface area contributed by atoms with Gasteiger partial charge in [0, 0.05) is 17.4 Å². The average Bonchev–Trinajstić information content (AvgIpc) is 0.722. The van der Waals surface area contributed by atoms with Gasteiger partial charge in [0.25, 0.3) is 0 Å². The third kappa shape index (κ3) is 105. The molecule has 0 aliphatic heterocycles. The van der Waals surface area contributed by atoms with Crippen molar-refractivity contribution in [1.29, 1.82) is 0 Å². The Bertz CT molecular complexity index is 40.7. The monoisotopic (exact) mass is 257 g/mol. The summed E-state index contributed by atoms with van der Waals surface area (Å²) in [5.41, 5.74) is 0. The fraction of sp³-hybridized carbons (Fsp3) is 0. The van der Waals surface area contributed by atoms with Crippen LogP contribution in [-0.4, -0.2) is 49.5 Å². The average molecular weight is 257 g/mol. The van der Waals surface area contributed by atoms with Gasteiger partial charge in [0.05, 0.1) is 0 Å². The molecule has 4 nitrogen and oxygen atoms in total. The summed E-state index contributed by atoms with van der Waals surface area (Å²) in [4.78, 5) is 34.3. The van der Waals surface area contributed by atoms with E-state index in [2.05, 4.69) is 0 Å². The summed E-state index contributed by atoms with van der Waals surface area (Å²) in [6.07, 6.45) is 0. The van der Waals surface area contributed by atoms with Crippen LogP contribution in [0.4, 0.5) is 0 Å². The Hall–Kier alpha value is 3.44. The van der Waals surface area contributed by atoms with Crippen LogP contribution in [0.25, 0.3) is 0 Å². The van der Waals surface area contributed by atoms with Crippen LogP contribution in [0, 0.1) is 0 Å². The molecule has 0 aliphatic carbocycles. The van der Waals surface area contributed by atoms with E-state index in [1.54, 1.807) is 0 Å². The van der Waals surface area contributed by atoms with E-state index >= 15 is 0 Å². The van der Waals surface area contributed by atoms with Gasteiger partial charge in [0.2, 0.25) is 0 Å². The molecule has 0 saturated carbocycles. The molecule has 0 N–H and O–H groups in total. The minimum absolute atomic E-state index is 0. The number of hydrogen-bond donors (Lipinski definition) is 0. The number of halogens is 1. The number of rotatable bonds is 0. The summed E-state index contributed by atoms with van der Waals surface area (Å²) in [5.74, 6) is 0. The normalized spacial score (nSPS) is 6.00. The predicted molar refractivity (Wildman–Crippen MR) is 17.3 cm³/mol. The van der Waals surface area contributed by atoms with Crippen molar-refractivity contribution in [2.45, 2.75) is 0 Å². The number of hydrogen-bond acceptors (Lipinski definition) is 4. The van der Waals surface area contributed by atoms with Crippen LogP contribution in [0.1, 0.15) is 0 Å². The third-order valence-electron chi connectivity index (χ3n) is 0. The Morgan fingerprint density at radius 1 is 0.900 bits per heavy atom. The molecule has 0 heterocycles. The summed E-state index contributed by atoms with van der Waals surface area (Å²) in [7, 11) is -5.61. The van der Waals surface area contributed by atoms with E-state index in [4.69, 9.17) is 19.2 Å². The second-order valence-electron chi connectivity index (χ2n) is 0.500. The molecule has 0 saturated heterocycles. The first-order valence-electron chi connectivity index (χ1n) is 0.816. The first-order valence-corrected chi connectivity index (χ1v) is 2.45. The zero-order valence-electron chi connectivity index (χ0n) is 5.15. The van der Waals surface area contributed by atoms with Crippen molar-refractivity contribution < 1.29 is 92.3 Å². The van der Waals surface area contributed by atoms with Gasteiger partial charge in [-0.25, -0.2) is 0 Å². The van der Waals surface area contributed by atoms with Crippen molar-refractivity contribution in [3.05, 3.63) is 0 Å². The predicted octanol–water partition coefficient (Wildman–Crippen LogP) is -11.9. The molecule has 10 heavy (non-hydrogen) atoms. The van der Waals surface area contributed by atoms with E-state index in [-0.39, 0.29) is 114 Å². The molecule has 0 unspecified atom stereocenters. The van der Waals surface area contributed by atoms with Crippen LogP contribution in [0.5, 0.6) is 0 Å². The largest absolute Gasteiger partial charge is 2.00 e. The van der Waals surface area contributed by atoms with Crippen molar-refractivity contribution in [3.8, 4) is 0 Å². The first-order chi connectivity index (χ1) is 2.00. The van der Waals surface area contributed by atoms with Gasteiger partial charge in [0.1, 0.15) is 0 Å². The van der Waals surface area contributed by atoms with E-state index < -0.39 is 9.05 Å². The molecule has 0 aliphatic rings. The molecular weight excluding hydrogens is 257 g/mol. The summed E-state index contributed by atoms with van der Waals surface area (Å²) >= 11 is 0. The van der Waals surface area contributed by atoms with Crippen LogP contribution < -0.4 is 75.3 Å². The fourth-order valence-corrected chi connectivity index (χ4v) is 0. The first kappa shape index (κ1) is 37.6. The molecule has 0 amide bonds. The van der Waals surface area contributed by atoms with Crippen molar-refractivity contribution >= 4 is 49.5 Å². The molecule has 0 fully saturated rings. The molecule has 0 atom stereocenters. The van der Waals surface area contributed by atoms with E-state index in [1.807, 2.05) is 0 Å². The maximum absolute atomic E-state index is 8.58. The van der Waals surface area contributed by atoms with Gasteiger partial charge < -0.3 is 32.9 Å². The second-order valence-corrected chi connectivity index (χ2v) is 1.50. The third-order valence-corrected chi connectivity index (χ3v) is 0. The van der Waals surface area contributed by atoms with Gasteiger partial charge in [-0.3, -0.25) is 0 Å². The SMILES string of the molecule is [Al].[F-].[Fe+2].[K+].[Mg+2].[O-][Si]([O-])([O-])[O-]. The van der Waals surface area contributed by atoms with Gasteiger partial charge in [0.15, 0.2) is 0 Å². The Balaban J connectivity index is -0.00000000800. The molecule has 0 aromatic rings.